The molecule has 0 atom stereocenters. The van der Waals surface area contributed by atoms with Crippen molar-refractivity contribution in [2.45, 2.75) is 0 Å². The minimum atomic E-state index is -0.416. The predicted octanol–water partition coefficient (Wildman–Crippen LogP) is 5.75. The van der Waals surface area contributed by atoms with Gasteiger partial charge in [0.1, 0.15) is 5.75 Å². The number of hydrogen-bond acceptors (Lipinski definition) is 3. The normalized spacial score (nSPS) is 10.7. The topological polar surface area (TPSA) is 61.4 Å². The molecule has 0 heterocycles. The van der Waals surface area contributed by atoms with Crippen LogP contribution in [0.3, 0.4) is 0 Å². The molecule has 2 aromatic carbocycles. The molecule has 2 aromatic rings. The van der Waals surface area contributed by atoms with Crippen LogP contribution in [-0.2, 0) is 4.79 Å². The highest BCUT2D eigenvalue weighted by Gasteiger charge is 2.08. The van der Waals surface area contributed by atoms with E-state index in [2.05, 4.69) is 42.5 Å². The number of halogens is 4. The van der Waals surface area contributed by atoms with E-state index in [1.165, 1.54) is 6.08 Å². The maximum atomic E-state index is 11.9. The van der Waals surface area contributed by atoms with E-state index in [1.807, 2.05) is 0 Å². The Morgan fingerprint density at radius 1 is 1.16 bits per heavy atom. The van der Waals surface area contributed by atoms with Gasteiger partial charge in [0.05, 0.1) is 8.95 Å². The number of hydrogen-bond donors (Lipinski definition) is 3. The Morgan fingerprint density at radius 3 is 2.40 bits per heavy atom. The molecule has 0 fully saturated rings. The Labute approximate surface area is 176 Å². The lowest BCUT2D eigenvalue weighted by molar-refractivity contribution is -0.115. The molecule has 0 aliphatic heterocycles. The van der Waals surface area contributed by atoms with Crippen LogP contribution in [0.1, 0.15) is 5.56 Å². The van der Waals surface area contributed by atoms with E-state index in [0.29, 0.717) is 30.2 Å². The number of phenolic OH excluding ortho intramolecular Hbond substituents is 1. The number of carbonyl (C=O) groups is 1. The molecule has 130 valence electrons. The number of thiocarbonyl (C=S) groups is 1. The Bertz CT molecular complexity index is 852. The van der Waals surface area contributed by atoms with Gasteiger partial charge < -0.3 is 10.4 Å². The fourth-order valence-electron chi connectivity index (χ4n) is 1.76. The van der Waals surface area contributed by atoms with Gasteiger partial charge in [-0.25, -0.2) is 0 Å². The third-order valence-electron chi connectivity index (χ3n) is 2.89. The van der Waals surface area contributed by atoms with Gasteiger partial charge in [-0.3, -0.25) is 10.1 Å². The van der Waals surface area contributed by atoms with E-state index in [-0.39, 0.29) is 10.9 Å². The second-order valence-electron chi connectivity index (χ2n) is 4.73. The summed E-state index contributed by atoms with van der Waals surface area (Å²) in [5, 5.41) is 16.1. The zero-order chi connectivity index (χ0) is 18.6. The van der Waals surface area contributed by atoms with Gasteiger partial charge in [0.2, 0.25) is 5.91 Å². The first-order valence-electron chi connectivity index (χ1n) is 6.69. The lowest BCUT2D eigenvalue weighted by Gasteiger charge is -2.10. The van der Waals surface area contributed by atoms with Gasteiger partial charge in [-0.15, -0.1) is 0 Å². The zero-order valence-corrected chi connectivity index (χ0v) is 17.8. The van der Waals surface area contributed by atoms with Crippen molar-refractivity contribution in [3.63, 3.8) is 0 Å². The Kier molecular flexibility index (Phi) is 7.27. The second-order valence-corrected chi connectivity index (χ2v) is 7.69. The Hall–Kier alpha value is -1.12. The molecule has 25 heavy (non-hydrogen) atoms. The smallest absolute Gasteiger partial charge is 0.250 e. The second kappa shape index (κ2) is 9.00. The number of anilines is 1. The molecule has 3 N–H and O–H groups in total. The molecule has 2 rings (SSSR count). The van der Waals surface area contributed by atoms with Crippen molar-refractivity contribution in [2.75, 3.05) is 5.32 Å². The molecule has 0 aliphatic carbocycles. The van der Waals surface area contributed by atoms with Crippen LogP contribution >= 0.6 is 67.3 Å². The number of benzene rings is 2. The lowest BCUT2D eigenvalue weighted by Crippen LogP contribution is -2.32. The van der Waals surface area contributed by atoms with E-state index in [1.54, 1.807) is 36.4 Å². The van der Waals surface area contributed by atoms with Gasteiger partial charge in [-0.05, 0) is 80.0 Å². The third-order valence-corrected chi connectivity index (χ3v) is 4.86. The number of aromatic hydroxyl groups is 1. The van der Waals surface area contributed by atoms with Gasteiger partial charge in [-0.1, -0.05) is 29.3 Å². The van der Waals surface area contributed by atoms with Crippen LogP contribution in [0.15, 0.2) is 45.4 Å². The first kappa shape index (κ1) is 20.2. The van der Waals surface area contributed by atoms with Crippen LogP contribution in [-0.4, -0.2) is 16.1 Å². The Morgan fingerprint density at radius 2 is 1.80 bits per heavy atom. The van der Waals surface area contributed by atoms with Crippen LogP contribution in [0.4, 0.5) is 5.69 Å². The number of amides is 1. The standard InChI is InChI=1S/C16H10Br2Cl2N2O2S/c17-11-6-10(7-12(18)15(11)24)21-16(25)22-14(23)4-2-8-1-3-9(19)5-13(8)20/h1-7,24H,(H2,21,22,23,25)/b4-2+. The highest BCUT2D eigenvalue weighted by atomic mass is 79.9. The van der Waals surface area contributed by atoms with Crippen LogP contribution in [0, 0.1) is 0 Å². The summed E-state index contributed by atoms with van der Waals surface area (Å²) in [6, 6.07) is 8.23. The number of nitrogens with one attached hydrogen (secondary N) is 2. The fourth-order valence-corrected chi connectivity index (χ4v) is 3.63. The third kappa shape index (κ3) is 5.97. The molecule has 1 amide bonds. The van der Waals surface area contributed by atoms with Crippen molar-refractivity contribution >= 4 is 90.1 Å². The van der Waals surface area contributed by atoms with Crippen molar-refractivity contribution in [3.8, 4) is 5.75 Å². The molecule has 0 aromatic heterocycles. The first-order valence-corrected chi connectivity index (χ1v) is 9.44. The summed E-state index contributed by atoms with van der Waals surface area (Å²) in [4.78, 5) is 11.9. The summed E-state index contributed by atoms with van der Waals surface area (Å²) >= 11 is 23.4. The first-order chi connectivity index (χ1) is 11.8. The van der Waals surface area contributed by atoms with Crippen LogP contribution < -0.4 is 10.6 Å². The van der Waals surface area contributed by atoms with Crippen molar-refractivity contribution < 1.29 is 9.90 Å². The average Bonchev–Trinajstić information content (AvgIpc) is 2.51. The molecule has 0 bridgehead atoms. The summed E-state index contributed by atoms with van der Waals surface area (Å²) in [6.07, 6.45) is 2.87. The molecule has 0 saturated heterocycles. The molecule has 0 aliphatic rings. The average molecular weight is 525 g/mol. The summed E-state index contributed by atoms with van der Waals surface area (Å²) in [5.41, 5.74) is 1.25. The van der Waals surface area contributed by atoms with Gasteiger partial charge >= 0.3 is 0 Å². The van der Waals surface area contributed by atoms with E-state index in [9.17, 15) is 9.90 Å². The van der Waals surface area contributed by atoms with Gasteiger partial charge in [-0.2, -0.15) is 0 Å². The molecule has 0 unspecified atom stereocenters. The maximum absolute atomic E-state index is 11.9. The molecule has 0 spiro atoms. The van der Waals surface area contributed by atoms with Crippen molar-refractivity contribution in [1.29, 1.82) is 0 Å². The number of rotatable bonds is 3. The highest BCUT2D eigenvalue weighted by molar-refractivity contribution is 9.11. The number of carbonyl (C=O) groups excluding carboxylic acids is 1. The van der Waals surface area contributed by atoms with Crippen molar-refractivity contribution in [2.24, 2.45) is 0 Å². The summed E-state index contributed by atoms with van der Waals surface area (Å²) < 4.78 is 0.964. The highest BCUT2D eigenvalue weighted by Crippen LogP contribution is 2.35. The molecule has 0 saturated carbocycles. The fraction of sp³-hybridized carbons (Fsp3) is 0. The number of phenols is 1. The van der Waals surface area contributed by atoms with Crippen molar-refractivity contribution in [1.82, 2.24) is 5.32 Å². The molecular weight excluding hydrogens is 515 g/mol. The largest absolute Gasteiger partial charge is 0.506 e. The zero-order valence-electron chi connectivity index (χ0n) is 12.3. The van der Waals surface area contributed by atoms with Gasteiger partial charge in [0.15, 0.2) is 5.11 Å². The van der Waals surface area contributed by atoms with E-state index >= 15 is 0 Å². The molecule has 0 radical (unpaired) electrons. The van der Waals surface area contributed by atoms with Gasteiger partial charge in [0, 0.05) is 21.8 Å². The van der Waals surface area contributed by atoms with E-state index in [0.717, 1.165) is 0 Å². The van der Waals surface area contributed by atoms with Crippen molar-refractivity contribution in [3.05, 3.63) is 61.0 Å². The van der Waals surface area contributed by atoms with E-state index in [4.69, 9.17) is 35.4 Å². The van der Waals surface area contributed by atoms with Crippen LogP contribution in [0.5, 0.6) is 5.75 Å². The predicted molar refractivity (Wildman–Crippen MR) is 113 cm³/mol. The quantitative estimate of drug-likeness (QED) is 0.272. The summed E-state index contributed by atoms with van der Waals surface area (Å²) in [5.74, 6) is -0.344. The summed E-state index contributed by atoms with van der Waals surface area (Å²) in [7, 11) is 0. The molecule has 4 nitrogen and oxygen atoms in total. The monoisotopic (exact) mass is 522 g/mol. The lowest BCUT2D eigenvalue weighted by atomic mass is 10.2. The minimum absolute atomic E-state index is 0.0725. The van der Waals surface area contributed by atoms with Crippen LogP contribution in [0.2, 0.25) is 10.0 Å². The van der Waals surface area contributed by atoms with Crippen LogP contribution in [0.25, 0.3) is 6.08 Å². The molecular formula is C16H10Br2Cl2N2O2S. The molecule has 9 heteroatoms. The SMILES string of the molecule is O=C(/C=C/c1ccc(Cl)cc1Cl)NC(=S)Nc1cc(Br)c(O)c(Br)c1. The Balaban J connectivity index is 1.98. The van der Waals surface area contributed by atoms with Gasteiger partial charge in [0.25, 0.3) is 0 Å². The minimum Gasteiger partial charge on any atom is -0.506 e. The van der Waals surface area contributed by atoms with E-state index < -0.39 is 5.91 Å². The maximum Gasteiger partial charge on any atom is 0.250 e. The summed E-state index contributed by atoms with van der Waals surface area (Å²) in [6.45, 7) is 0.